The van der Waals surface area contributed by atoms with Crippen molar-refractivity contribution in [1.82, 2.24) is 0 Å². The summed E-state index contributed by atoms with van der Waals surface area (Å²) < 4.78 is 17.5. The maximum absolute atomic E-state index is 11.6. The molecular formula is C28H44O9. The van der Waals surface area contributed by atoms with Gasteiger partial charge in [0.1, 0.15) is 31.0 Å². The molecule has 0 amide bonds. The summed E-state index contributed by atoms with van der Waals surface area (Å²) in [4.78, 5) is 11.3. The van der Waals surface area contributed by atoms with E-state index in [-0.39, 0.29) is 36.4 Å². The van der Waals surface area contributed by atoms with Crippen LogP contribution in [-0.2, 0) is 19.0 Å². The average Bonchev–Trinajstić information content (AvgIpc) is 3.02. The number of carbonyl (C=O) groups is 1. The number of aliphatic hydroxyl groups excluding tert-OH is 5. The molecule has 5 fully saturated rings. The molecule has 9 nitrogen and oxygen atoms in total. The number of hydrogen-bond donors (Lipinski definition) is 5. The molecule has 4 saturated carbocycles. The molecular weight excluding hydrogens is 480 g/mol. The second-order valence-electron chi connectivity index (χ2n) is 13.1. The minimum atomic E-state index is -1.55. The summed E-state index contributed by atoms with van der Waals surface area (Å²) in [5.74, 6) is -0.248. The Morgan fingerprint density at radius 3 is 2.49 bits per heavy atom. The van der Waals surface area contributed by atoms with Crippen LogP contribution in [0.15, 0.2) is 12.2 Å². The third-order valence-corrected chi connectivity index (χ3v) is 10.8. The smallest absolute Gasteiger partial charge is 0.302 e. The van der Waals surface area contributed by atoms with Crippen LogP contribution in [-0.4, -0.2) is 87.6 Å². The van der Waals surface area contributed by atoms with Gasteiger partial charge in [0.05, 0.1) is 12.2 Å². The molecule has 37 heavy (non-hydrogen) atoms. The minimum Gasteiger partial charge on any atom is -0.463 e. The highest BCUT2D eigenvalue weighted by atomic mass is 16.7. The van der Waals surface area contributed by atoms with Crippen molar-refractivity contribution >= 4 is 5.97 Å². The average molecular weight is 525 g/mol. The SMILES string of the molecule is C=C1C2CCC3C(C2)(CC(OC2OC(COC(C)=O)C(O)C(O)C2O)C2C(C)(C)CCCC23CO)C1O. The van der Waals surface area contributed by atoms with Crippen LogP contribution >= 0.6 is 0 Å². The van der Waals surface area contributed by atoms with Crippen molar-refractivity contribution in [2.24, 2.45) is 34.0 Å². The first-order chi connectivity index (χ1) is 17.4. The zero-order valence-corrected chi connectivity index (χ0v) is 22.2. The van der Waals surface area contributed by atoms with Gasteiger partial charge in [-0.05, 0) is 67.3 Å². The van der Waals surface area contributed by atoms with Gasteiger partial charge >= 0.3 is 5.97 Å². The van der Waals surface area contributed by atoms with Crippen LogP contribution < -0.4 is 0 Å². The summed E-state index contributed by atoms with van der Waals surface area (Å²) in [6, 6.07) is 0. The molecule has 9 heteroatoms. The van der Waals surface area contributed by atoms with Crippen molar-refractivity contribution in [1.29, 1.82) is 0 Å². The largest absolute Gasteiger partial charge is 0.463 e. The number of aliphatic hydroxyl groups is 5. The van der Waals surface area contributed by atoms with E-state index in [1.54, 1.807) is 0 Å². The second kappa shape index (κ2) is 9.54. The Balaban J connectivity index is 1.51. The van der Waals surface area contributed by atoms with Crippen LogP contribution in [0.4, 0.5) is 0 Å². The van der Waals surface area contributed by atoms with E-state index >= 15 is 0 Å². The Kier molecular flexibility index (Phi) is 7.09. The molecule has 12 unspecified atom stereocenters. The number of fused-ring (bicyclic) bond motifs is 3. The van der Waals surface area contributed by atoms with Gasteiger partial charge in [-0.15, -0.1) is 0 Å². The highest BCUT2D eigenvalue weighted by Gasteiger charge is 2.70. The van der Waals surface area contributed by atoms with Crippen LogP contribution in [0.25, 0.3) is 0 Å². The van der Waals surface area contributed by atoms with E-state index in [1.165, 1.54) is 6.92 Å². The standard InChI is InChI=1S/C28H44O9/c1-14-16-6-7-19-27(13-29)9-5-8-26(3,4)23(27)17(11-28(19,10-16)24(14)34)36-25-22(33)21(32)20(31)18(37-25)12-35-15(2)30/h16-25,29,31-34H,1,5-13H2,2-4H3. The zero-order chi connectivity index (χ0) is 26.9. The zero-order valence-electron chi connectivity index (χ0n) is 22.2. The molecule has 5 N–H and O–H groups in total. The Labute approximate surface area is 218 Å². The number of carbonyl (C=O) groups excluding carboxylic acids is 1. The second-order valence-corrected chi connectivity index (χ2v) is 13.1. The molecule has 5 rings (SSSR count). The predicted molar refractivity (Wildman–Crippen MR) is 132 cm³/mol. The molecule has 0 aromatic rings. The molecule has 0 aromatic carbocycles. The summed E-state index contributed by atoms with van der Waals surface area (Å²) in [6.07, 6.45) is -2.03. The van der Waals surface area contributed by atoms with Gasteiger partial charge in [0.15, 0.2) is 6.29 Å². The molecule has 1 saturated heterocycles. The van der Waals surface area contributed by atoms with Crippen molar-refractivity contribution in [2.75, 3.05) is 13.2 Å². The molecule has 4 aliphatic carbocycles. The van der Waals surface area contributed by atoms with Gasteiger partial charge in [0.2, 0.25) is 0 Å². The van der Waals surface area contributed by atoms with Gasteiger partial charge < -0.3 is 39.7 Å². The van der Waals surface area contributed by atoms with E-state index in [4.69, 9.17) is 14.2 Å². The van der Waals surface area contributed by atoms with E-state index < -0.39 is 59.7 Å². The first-order valence-electron chi connectivity index (χ1n) is 13.8. The highest BCUT2D eigenvalue weighted by Crippen LogP contribution is 2.72. The number of ether oxygens (including phenoxy) is 3. The van der Waals surface area contributed by atoms with Gasteiger partial charge in [-0.3, -0.25) is 4.79 Å². The molecule has 1 heterocycles. The number of hydrogen-bond acceptors (Lipinski definition) is 9. The van der Waals surface area contributed by atoms with E-state index in [0.29, 0.717) is 6.42 Å². The topological polar surface area (TPSA) is 146 Å². The maximum atomic E-state index is 11.6. The maximum Gasteiger partial charge on any atom is 0.302 e. The third-order valence-electron chi connectivity index (χ3n) is 10.8. The molecule has 0 aromatic heterocycles. The molecule has 210 valence electrons. The fraction of sp³-hybridized carbons (Fsp3) is 0.893. The fourth-order valence-corrected chi connectivity index (χ4v) is 9.44. The van der Waals surface area contributed by atoms with Crippen LogP contribution in [0.2, 0.25) is 0 Å². The quantitative estimate of drug-likeness (QED) is 0.204. The molecule has 2 bridgehead atoms. The number of esters is 1. The normalized spacial score (nSPS) is 50.8. The summed E-state index contributed by atoms with van der Waals surface area (Å²) in [6.45, 7) is 9.58. The third kappa shape index (κ3) is 4.12. The minimum absolute atomic E-state index is 0.0122. The van der Waals surface area contributed by atoms with E-state index in [1.807, 2.05) is 0 Å². The van der Waals surface area contributed by atoms with E-state index in [0.717, 1.165) is 44.1 Å². The molecule has 5 aliphatic rings. The van der Waals surface area contributed by atoms with Crippen molar-refractivity contribution in [3.63, 3.8) is 0 Å². The molecule has 0 radical (unpaired) electrons. The first kappa shape index (κ1) is 27.5. The molecule has 1 spiro atoms. The number of rotatable bonds is 5. The fourth-order valence-electron chi connectivity index (χ4n) is 9.44. The van der Waals surface area contributed by atoms with Crippen molar-refractivity contribution < 1.29 is 44.5 Å². The van der Waals surface area contributed by atoms with Gasteiger partial charge in [0.25, 0.3) is 0 Å². The van der Waals surface area contributed by atoms with Crippen molar-refractivity contribution in [2.45, 2.75) is 109 Å². The molecule has 12 atom stereocenters. The molecule has 1 aliphatic heterocycles. The van der Waals surface area contributed by atoms with Crippen molar-refractivity contribution in [3.05, 3.63) is 12.2 Å². The van der Waals surface area contributed by atoms with Crippen molar-refractivity contribution in [3.8, 4) is 0 Å². The van der Waals surface area contributed by atoms with Crippen LogP contribution in [0.3, 0.4) is 0 Å². The lowest BCUT2D eigenvalue weighted by Crippen LogP contribution is -2.67. The van der Waals surface area contributed by atoms with Crippen LogP contribution in [0, 0.1) is 34.0 Å². The van der Waals surface area contributed by atoms with Gasteiger partial charge in [0, 0.05) is 24.4 Å². The summed E-state index contributed by atoms with van der Waals surface area (Å²) in [7, 11) is 0. The lowest BCUT2D eigenvalue weighted by Gasteiger charge is -2.67. The van der Waals surface area contributed by atoms with Gasteiger partial charge in [-0.2, -0.15) is 0 Å². The van der Waals surface area contributed by atoms with Crippen LogP contribution in [0.5, 0.6) is 0 Å². The highest BCUT2D eigenvalue weighted by molar-refractivity contribution is 5.65. The predicted octanol–water partition coefficient (Wildman–Crippen LogP) is 1.28. The Hall–Kier alpha value is -1.07. The Bertz CT molecular complexity index is 906. The van der Waals surface area contributed by atoms with E-state index in [9.17, 15) is 30.3 Å². The monoisotopic (exact) mass is 524 g/mol. The van der Waals surface area contributed by atoms with Crippen LogP contribution in [0.1, 0.15) is 65.7 Å². The summed E-state index contributed by atoms with van der Waals surface area (Å²) >= 11 is 0. The summed E-state index contributed by atoms with van der Waals surface area (Å²) in [5.41, 5.74) is -0.251. The Morgan fingerprint density at radius 1 is 1.08 bits per heavy atom. The van der Waals surface area contributed by atoms with E-state index in [2.05, 4.69) is 20.4 Å². The summed E-state index contributed by atoms with van der Waals surface area (Å²) in [5, 5.41) is 54.5. The Morgan fingerprint density at radius 2 is 1.81 bits per heavy atom. The lowest BCUT2D eigenvalue weighted by atomic mass is 9.39. The van der Waals surface area contributed by atoms with Gasteiger partial charge in [-0.25, -0.2) is 0 Å². The first-order valence-corrected chi connectivity index (χ1v) is 13.8. The van der Waals surface area contributed by atoms with Gasteiger partial charge in [-0.1, -0.05) is 26.8 Å². The lowest BCUT2D eigenvalue weighted by molar-refractivity contribution is -0.339.